The van der Waals surface area contributed by atoms with Gasteiger partial charge < -0.3 is 5.11 Å². The van der Waals surface area contributed by atoms with E-state index in [-0.39, 0.29) is 6.54 Å². The van der Waals surface area contributed by atoms with E-state index in [9.17, 15) is 4.79 Å². The number of carboxylic acids is 1. The minimum absolute atomic E-state index is 0.166. The summed E-state index contributed by atoms with van der Waals surface area (Å²) in [5.74, 6) is -0.726. The van der Waals surface area contributed by atoms with Crippen molar-refractivity contribution >= 4 is 5.97 Å². The van der Waals surface area contributed by atoms with E-state index < -0.39 is 5.97 Å². The Kier molecular flexibility index (Phi) is 24.2. The van der Waals surface area contributed by atoms with Crippen LogP contribution >= 0.6 is 0 Å². The van der Waals surface area contributed by atoms with Crippen molar-refractivity contribution in [2.75, 3.05) is 20.1 Å². The lowest BCUT2D eigenvalue weighted by atomic mass is 10.0. The average molecular weight is 426 g/mol. The van der Waals surface area contributed by atoms with Gasteiger partial charge in [-0.3, -0.25) is 9.69 Å². The maximum Gasteiger partial charge on any atom is 0.317 e. The Morgan fingerprint density at radius 3 is 1.07 bits per heavy atom. The van der Waals surface area contributed by atoms with Gasteiger partial charge in [0.1, 0.15) is 0 Å². The van der Waals surface area contributed by atoms with Crippen molar-refractivity contribution in [1.82, 2.24) is 4.90 Å². The number of hydrogen-bond acceptors (Lipinski definition) is 2. The van der Waals surface area contributed by atoms with Gasteiger partial charge in [-0.15, -0.1) is 0 Å². The molecular weight excluding hydrogens is 370 g/mol. The summed E-state index contributed by atoms with van der Waals surface area (Å²) in [5.41, 5.74) is 0. The van der Waals surface area contributed by atoms with Gasteiger partial charge in [0.25, 0.3) is 0 Å². The van der Waals surface area contributed by atoms with E-state index in [2.05, 4.69) is 6.92 Å². The molecule has 30 heavy (non-hydrogen) atoms. The Bertz CT molecular complexity index is 346. The molecule has 1 N–H and O–H groups in total. The maximum absolute atomic E-state index is 10.6. The number of nitrogens with zero attached hydrogens (tertiary/aromatic N) is 1. The number of likely N-dealkylation sites (N-methyl/N-ethyl adjacent to an activating group) is 1. The second-order valence-corrected chi connectivity index (χ2v) is 9.56. The summed E-state index contributed by atoms with van der Waals surface area (Å²) in [6.45, 7) is 3.37. The minimum atomic E-state index is -0.726. The molecule has 180 valence electrons. The van der Waals surface area contributed by atoms with Gasteiger partial charge in [0.05, 0.1) is 6.54 Å². The van der Waals surface area contributed by atoms with Crippen molar-refractivity contribution in [3.8, 4) is 0 Å². The smallest absolute Gasteiger partial charge is 0.317 e. The zero-order chi connectivity index (χ0) is 22.1. The fourth-order valence-electron chi connectivity index (χ4n) is 4.30. The van der Waals surface area contributed by atoms with Crippen molar-refractivity contribution in [3.63, 3.8) is 0 Å². The molecule has 0 spiro atoms. The highest BCUT2D eigenvalue weighted by Crippen LogP contribution is 2.15. The second kappa shape index (κ2) is 24.7. The first kappa shape index (κ1) is 29.4. The molecule has 0 aromatic rings. The first-order valence-corrected chi connectivity index (χ1v) is 13.6. The predicted octanol–water partition coefficient (Wildman–Crippen LogP) is 8.60. The van der Waals surface area contributed by atoms with E-state index in [0.717, 1.165) is 13.0 Å². The SMILES string of the molecule is CCCCCCCCCCCCCCCCCCCCCCCCN(C)CC(=O)O. The zero-order valence-electron chi connectivity index (χ0n) is 20.8. The van der Waals surface area contributed by atoms with Crippen LogP contribution in [0.4, 0.5) is 0 Å². The highest BCUT2D eigenvalue weighted by atomic mass is 16.4. The first-order valence-electron chi connectivity index (χ1n) is 13.6. The molecule has 0 saturated carbocycles. The van der Waals surface area contributed by atoms with Crippen molar-refractivity contribution in [1.29, 1.82) is 0 Å². The lowest BCUT2D eigenvalue weighted by Gasteiger charge is -2.13. The fourth-order valence-corrected chi connectivity index (χ4v) is 4.30. The first-order chi connectivity index (χ1) is 14.7. The maximum atomic E-state index is 10.6. The Morgan fingerprint density at radius 2 is 0.800 bits per heavy atom. The molecule has 0 atom stereocenters. The van der Waals surface area contributed by atoms with E-state index in [1.807, 2.05) is 11.9 Å². The van der Waals surface area contributed by atoms with Gasteiger partial charge in [-0.25, -0.2) is 0 Å². The summed E-state index contributed by atoms with van der Waals surface area (Å²) in [6.07, 6.45) is 30.9. The summed E-state index contributed by atoms with van der Waals surface area (Å²) in [4.78, 5) is 12.5. The van der Waals surface area contributed by atoms with E-state index >= 15 is 0 Å². The lowest BCUT2D eigenvalue weighted by molar-refractivity contribution is -0.137. The van der Waals surface area contributed by atoms with Crippen molar-refractivity contribution in [2.24, 2.45) is 0 Å². The topological polar surface area (TPSA) is 40.5 Å². The number of carboxylic acid groups (broad SMARTS) is 1. The number of unbranched alkanes of at least 4 members (excludes halogenated alkanes) is 21. The number of carbonyl (C=O) groups is 1. The number of aliphatic carboxylic acids is 1. The molecule has 0 amide bonds. The highest BCUT2D eigenvalue weighted by Gasteiger charge is 2.03. The molecule has 0 rings (SSSR count). The molecule has 0 aromatic carbocycles. The molecule has 0 aliphatic heterocycles. The van der Waals surface area contributed by atoms with Gasteiger partial charge in [0.15, 0.2) is 0 Å². The monoisotopic (exact) mass is 425 g/mol. The third kappa shape index (κ3) is 25.5. The quantitative estimate of drug-likeness (QED) is 0.149. The van der Waals surface area contributed by atoms with E-state index in [1.54, 1.807) is 0 Å². The standard InChI is InChI=1S/C27H55NO2/c1-3-4-5-6-7-8-9-10-11-12-13-14-15-16-17-18-19-20-21-22-23-24-25-28(2)26-27(29)30/h3-26H2,1-2H3,(H,29,30). The van der Waals surface area contributed by atoms with Crippen LogP contribution in [0.2, 0.25) is 0 Å². The molecule has 3 heteroatoms. The van der Waals surface area contributed by atoms with E-state index in [0.29, 0.717) is 0 Å². The molecule has 0 unspecified atom stereocenters. The molecule has 0 fully saturated rings. The number of hydrogen-bond donors (Lipinski definition) is 1. The Hall–Kier alpha value is -0.570. The Morgan fingerprint density at radius 1 is 0.533 bits per heavy atom. The third-order valence-corrected chi connectivity index (χ3v) is 6.30. The van der Waals surface area contributed by atoms with Crippen LogP contribution in [-0.2, 0) is 4.79 Å². The molecular formula is C27H55NO2. The summed E-state index contributed by atoms with van der Waals surface area (Å²) in [7, 11) is 1.89. The van der Waals surface area contributed by atoms with Crippen LogP contribution in [0, 0.1) is 0 Å². The molecule has 0 aromatic heterocycles. The summed E-state index contributed by atoms with van der Waals surface area (Å²) in [5, 5.41) is 8.72. The van der Waals surface area contributed by atoms with Crippen LogP contribution in [0.3, 0.4) is 0 Å². The molecule has 0 bridgehead atoms. The normalized spacial score (nSPS) is 11.4. The molecule has 0 aliphatic carbocycles. The second-order valence-electron chi connectivity index (χ2n) is 9.56. The summed E-state index contributed by atoms with van der Waals surface area (Å²) < 4.78 is 0. The van der Waals surface area contributed by atoms with Crippen LogP contribution < -0.4 is 0 Å². The largest absolute Gasteiger partial charge is 0.480 e. The zero-order valence-corrected chi connectivity index (χ0v) is 20.8. The van der Waals surface area contributed by atoms with Crippen LogP contribution in [0.25, 0.3) is 0 Å². The van der Waals surface area contributed by atoms with Crippen LogP contribution in [0.5, 0.6) is 0 Å². The molecule has 0 saturated heterocycles. The minimum Gasteiger partial charge on any atom is -0.480 e. The molecule has 0 radical (unpaired) electrons. The Balaban J connectivity index is 3.06. The van der Waals surface area contributed by atoms with E-state index in [4.69, 9.17) is 5.11 Å². The highest BCUT2D eigenvalue weighted by molar-refractivity contribution is 5.68. The van der Waals surface area contributed by atoms with Crippen molar-refractivity contribution in [2.45, 2.75) is 148 Å². The predicted molar refractivity (Wildman–Crippen MR) is 132 cm³/mol. The van der Waals surface area contributed by atoms with Gasteiger partial charge in [-0.1, -0.05) is 142 Å². The van der Waals surface area contributed by atoms with Gasteiger partial charge in [-0.05, 0) is 20.0 Å². The summed E-state index contributed by atoms with van der Waals surface area (Å²) in [6, 6.07) is 0. The van der Waals surface area contributed by atoms with E-state index in [1.165, 1.54) is 135 Å². The van der Waals surface area contributed by atoms with Crippen LogP contribution in [0.1, 0.15) is 148 Å². The van der Waals surface area contributed by atoms with Gasteiger partial charge >= 0.3 is 5.97 Å². The summed E-state index contributed by atoms with van der Waals surface area (Å²) >= 11 is 0. The van der Waals surface area contributed by atoms with Crippen LogP contribution in [0.15, 0.2) is 0 Å². The number of rotatable bonds is 25. The van der Waals surface area contributed by atoms with Crippen molar-refractivity contribution in [3.05, 3.63) is 0 Å². The molecule has 3 nitrogen and oxygen atoms in total. The molecule has 0 aliphatic rings. The average Bonchev–Trinajstić information content (AvgIpc) is 2.71. The fraction of sp³-hybridized carbons (Fsp3) is 0.963. The van der Waals surface area contributed by atoms with Gasteiger partial charge in [-0.2, -0.15) is 0 Å². The van der Waals surface area contributed by atoms with Gasteiger partial charge in [0.2, 0.25) is 0 Å². The van der Waals surface area contributed by atoms with Gasteiger partial charge in [0, 0.05) is 0 Å². The van der Waals surface area contributed by atoms with Crippen molar-refractivity contribution < 1.29 is 9.90 Å². The molecule has 0 heterocycles. The third-order valence-electron chi connectivity index (χ3n) is 6.30. The lowest BCUT2D eigenvalue weighted by Crippen LogP contribution is -2.26. The van der Waals surface area contributed by atoms with Crippen LogP contribution in [-0.4, -0.2) is 36.1 Å². The Labute approximate surface area is 189 Å².